The van der Waals surface area contributed by atoms with Crippen molar-refractivity contribution in [2.45, 2.75) is 42.3 Å². The minimum absolute atomic E-state index is 0.431. The first-order chi connectivity index (χ1) is 13.4. The summed E-state index contributed by atoms with van der Waals surface area (Å²) in [6.07, 6.45) is -2.89. The molecule has 2 aromatic carbocycles. The van der Waals surface area contributed by atoms with E-state index in [2.05, 4.69) is 0 Å². The van der Waals surface area contributed by atoms with Crippen molar-refractivity contribution in [3.8, 4) is 5.75 Å². The number of benzene rings is 2. The highest BCUT2D eigenvalue weighted by atomic mass is 35.5. The van der Waals surface area contributed by atoms with Crippen LogP contribution in [0.1, 0.15) is 28.9 Å². The van der Waals surface area contributed by atoms with Crippen LogP contribution < -0.4 is 4.74 Å². The van der Waals surface area contributed by atoms with Crippen molar-refractivity contribution in [2.75, 3.05) is 13.7 Å². The number of aliphatic hydroxyl groups is 3. The predicted octanol–water partition coefficient (Wildman–Crippen LogP) is 3.17. The molecule has 7 heteroatoms. The van der Waals surface area contributed by atoms with Gasteiger partial charge in [0, 0.05) is 12.1 Å². The minimum Gasteiger partial charge on any atom is -0.494 e. The summed E-state index contributed by atoms with van der Waals surface area (Å²) in [4.78, 5) is 0. The fraction of sp³-hybridized carbons (Fsp3) is 0.429. The van der Waals surface area contributed by atoms with Crippen LogP contribution >= 0.6 is 23.4 Å². The second-order valence-electron chi connectivity index (χ2n) is 6.74. The highest BCUT2D eigenvalue weighted by Gasteiger charge is 2.44. The van der Waals surface area contributed by atoms with E-state index >= 15 is 0 Å². The van der Waals surface area contributed by atoms with Crippen LogP contribution in [0.5, 0.6) is 5.75 Å². The lowest BCUT2D eigenvalue weighted by Gasteiger charge is -2.39. The van der Waals surface area contributed by atoms with Gasteiger partial charge < -0.3 is 24.8 Å². The van der Waals surface area contributed by atoms with E-state index in [-0.39, 0.29) is 0 Å². The first kappa shape index (κ1) is 21.4. The molecule has 152 valence electrons. The van der Waals surface area contributed by atoms with Crippen molar-refractivity contribution in [3.63, 3.8) is 0 Å². The topological polar surface area (TPSA) is 79.2 Å². The molecule has 0 radical (unpaired) electrons. The van der Waals surface area contributed by atoms with Crippen LogP contribution in [0.15, 0.2) is 42.5 Å². The van der Waals surface area contributed by atoms with Gasteiger partial charge in [-0.1, -0.05) is 35.9 Å². The van der Waals surface area contributed by atoms with E-state index in [1.54, 1.807) is 6.07 Å². The first-order valence-electron chi connectivity index (χ1n) is 9.17. The van der Waals surface area contributed by atoms with Crippen molar-refractivity contribution in [3.05, 3.63) is 64.2 Å². The van der Waals surface area contributed by atoms with Gasteiger partial charge in [0.2, 0.25) is 0 Å². The van der Waals surface area contributed by atoms with E-state index in [4.69, 9.17) is 21.1 Å². The molecule has 0 unspecified atom stereocenters. The van der Waals surface area contributed by atoms with Gasteiger partial charge in [0.05, 0.1) is 18.0 Å². The summed E-state index contributed by atoms with van der Waals surface area (Å²) in [7, 11) is 1.47. The Balaban J connectivity index is 1.82. The third-order valence-electron chi connectivity index (χ3n) is 4.83. The van der Waals surface area contributed by atoms with E-state index in [0.717, 1.165) is 22.4 Å². The van der Waals surface area contributed by atoms with E-state index in [9.17, 15) is 15.3 Å². The molecule has 1 aliphatic rings. The monoisotopic (exact) mass is 424 g/mol. The number of aliphatic hydroxyl groups excluding tert-OH is 3. The van der Waals surface area contributed by atoms with Gasteiger partial charge in [-0.05, 0) is 48.2 Å². The molecule has 3 N–H and O–H groups in total. The Kier molecular flexibility index (Phi) is 7.25. The van der Waals surface area contributed by atoms with Crippen molar-refractivity contribution < 1.29 is 24.8 Å². The van der Waals surface area contributed by atoms with Gasteiger partial charge in [-0.2, -0.15) is 0 Å². The summed E-state index contributed by atoms with van der Waals surface area (Å²) >= 11 is 7.69. The third-order valence-corrected chi connectivity index (χ3v) is 6.78. The number of methoxy groups -OCH3 is 1. The van der Waals surface area contributed by atoms with Crippen LogP contribution in [-0.2, 0) is 11.2 Å². The van der Waals surface area contributed by atoms with Crippen molar-refractivity contribution >= 4 is 23.4 Å². The van der Waals surface area contributed by atoms with Gasteiger partial charge in [0.1, 0.15) is 23.4 Å². The number of ether oxygens (including phenoxy) is 2. The van der Waals surface area contributed by atoms with Gasteiger partial charge in [-0.25, -0.2) is 0 Å². The van der Waals surface area contributed by atoms with Gasteiger partial charge in [0.25, 0.3) is 0 Å². The van der Waals surface area contributed by atoms with Crippen molar-refractivity contribution in [1.82, 2.24) is 0 Å². The van der Waals surface area contributed by atoms with E-state index < -0.39 is 29.0 Å². The maximum atomic E-state index is 10.5. The number of thioether (sulfide) groups is 1. The summed E-state index contributed by atoms with van der Waals surface area (Å²) in [5, 5.41) is 30.9. The summed E-state index contributed by atoms with van der Waals surface area (Å²) in [5.74, 6) is 0.825. The van der Waals surface area contributed by atoms with Crippen molar-refractivity contribution in [2.24, 2.45) is 0 Å². The van der Waals surface area contributed by atoms with Crippen LogP contribution in [0, 0.1) is 0 Å². The Morgan fingerprint density at radius 2 is 1.71 bits per heavy atom. The van der Waals surface area contributed by atoms with Gasteiger partial charge >= 0.3 is 0 Å². The first-order valence-corrected chi connectivity index (χ1v) is 10.5. The van der Waals surface area contributed by atoms with Gasteiger partial charge in [-0.15, -0.1) is 11.8 Å². The molecule has 5 atom stereocenters. The van der Waals surface area contributed by atoms with Crippen LogP contribution in [0.4, 0.5) is 0 Å². The minimum atomic E-state index is -1.28. The number of halogens is 1. The molecule has 0 aromatic heterocycles. The summed E-state index contributed by atoms with van der Waals surface area (Å²) < 4.78 is 10.7. The van der Waals surface area contributed by atoms with Crippen LogP contribution in [0.2, 0.25) is 5.02 Å². The Morgan fingerprint density at radius 3 is 2.36 bits per heavy atom. The predicted molar refractivity (Wildman–Crippen MR) is 111 cm³/mol. The molecule has 0 aliphatic carbocycles. The Bertz CT molecular complexity index is 783. The maximum absolute atomic E-state index is 10.5. The second kappa shape index (κ2) is 9.48. The zero-order valence-corrected chi connectivity index (χ0v) is 17.4. The molecule has 1 saturated heterocycles. The molecule has 0 saturated carbocycles. The molecule has 0 amide bonds. The lowest BCUT2D eigenvalue weighted by atomic mass is 9.96. The fourth-order valence-electron chi connectivity index (χ4n) is 3.32. The highest BCUT2D eigenvalue weighted by molar-refractivity contribution is 8.00. The summed E-state index contributed by atoms with van der Waals surface area (Å²) in [6, 6.07) is 13.4. The van der Waals surface area contributed by atoms with E-state index in [0.29, 0.717) is 18.1 Å². The van der Waals surface area contributed by atoms with Crippen LogP contribution in [0.25, 0.3) is 0 Å². The lowest BCUT2D eigenvalue weighted by Crippen LogP contribution is -2.50. The molecule has 0 bridgehead atoms. The third kappa shape index (κ3) is 4.64. The summed E-state index contributed by atoms with van der Waals surface area (Å²) in [6.45, 7) is 2.57. The Hall–Kier alpha value is -1.28. The SMILES string of the molecule is CCOc1ccc(Cc2cc([C@@H]3S[C@H](OC)[C@@H](O)[C@H](O)[C@H]3O)ccc2Cl)cc1. The van der Waals surface area contributed by atoms with Crippen LogP contribution in [-0.4, -0.2) is 52.8 Å². The largest absolute Gasteiger partial charge is 0.494 e. The molecule has 3 rings (SSSR count). The Morgan fingerprint density at radius 1 is 1.00 bits per heavy atom. The van der Waals surface area contributed by atoms with Gasteiger partial charge in [-0.3, -0.25) is 0 Å². The molecule has 5 nitrogen and oxygen atoms in total. The Labute approximate surface area is 174 Å². The average Bonchev–Trinajstić information content (AvgIpc) is 2.70. The lowest BCUT2D eigenvalue weighted by molar-refractivity contribution is -0.0998. The molecular weight excluding hydrogens is 400 g/mol. The highest BCUT2D eigenvalue weighted by Crippen LogP contribution is 2.44. The van der Waals surface area contributed by atoms with E-state index in [1.165, 1.54) is 18.9 Å². The maximum Gasteiger partial charge on any atom is 0.132 e. The zero-order valence-electron chi connectivity index (χ0n) is 15.8. The van der Waals surface area contributed by atoms with E-state index in [1.807, 2.05) is 43.3 Å². The number of rotatable bonds is 6. The molecule has 1 fully saturated rings. The normalized spacial score (nSPS) is 27.6. The zero-order chi connectivity index (χ0) is 20.3. The molecule has 0 spiro atoms. The number of hydrogen-bond acceptors (Lipinski definition) is 6. The van der Waals surface area contributed by atoms with Crippen LogP contribution in [0.3, 0.4) is 0 Å². The van der Waals surface area contributed by atoms with Gasteiger partial charge in [0.15, 0.2) is 0 Å². The average molecular weight is 425 g/mol. The molecular formula is C21H25ClO5S. The second-order valence-corrected chi connectivity index (χ2v) is 8.39. The standard InChI is InChI=1S/C21H25ClO5S/c1-3-27-15-7-4-12(5-8-15)10-14-11-13(6-9-16(14)22)20-18(24)17(23)19(25)21(26-2)28-20/h4-9,11,17-21,23-25H,3,10H2,1-2H3/t17-,18-,19+,20+,21+/m1/s1. The smallest absolute Gasteiger partial charge is 0.132 e. The fourth-order valence-corrected chi connectivity index (χ4v) is 4.85. The molecule has 28 heavy (non-hydrogen) atoms. The van der Waals surface area contributed by atoms with Crippen molar-refractivity contribution in [1.29, 1.82) is 0 Å². The molecule has 1 heterocycles. The molecule has 1 aliphatic heterocycles. The number of hydrogen-bond donors (Lipinski definition) is 3. The summed E-state index contributed by atoms with van der Waals surface area (Å²) in [5.41, 5.74) is 2.22. The quantitative estimate of drug-likeness (QED) is 0.661. The molecule has 2 aromatic rings.